The average molecular weight is 168 g/mol. The predicted molar refractivity (Wildman–Crippen MR) is 47.8 cm³/mol. The summed E-state index contributed by atoms with van der Waals surface area (Å²) in [7, 11) is 0. The highest BCUT2D eigenvalue weighted by Crippen LogP contribution is 2.41. The second-order valence-electron chi connectivity index (χ2n) is 3.83. The lowest BCUT2D eigenvalue weighted by Crippen LogP contribution is -2.19. The van der Waals surface area contributed by atoms with Gasteiger partial charge in [0.2, 0.25) is 0 Å². The van der Waals surface area contributed by atoms with E-state index in [1.807, 2.05) is 0 Å². The van der Waals surface area contributed by atoms with Crippen LogP contribution in [0.3, 0.4) is 0 Å². The van der Waals surface area contributed by atoms with Crippen molar-refractivity contribution in [1.82, 2.24) is 0 Å². The second kappa shape index (κ2) is 3.30. The highest BCUT2D eigenvalue weighted by atomic mass is 16.4. The minimum atomic E-state index is -0.670. The molecule has 0 bridgehead atoms. The molecule has 4 unspecified atom stereocenters. The van der Waals surface area contributed by atoms with Crippen molar-refractivity contribution in [2.24, 2.45) is 23.7 Å². The Morgan fingerprint density at radius 1 is 1.58 bits per heavy atom. The van der Waals surface area contributed by atoms with Gasteiger partial charge >= 0.3 is 5.97 Å². The number of rotatable bonds is 2. The van der Waals surface area contributed by atoms with Gasteiger partial charge in [-0.15, -0.1) is 6.58 Å². The Kier molecular flexibility index (Phi) is 2.55. The molecule has 2 heteroatoms. The summed E-state index contributed by atoms with van der Waals surface area (Å²) < 4.78 is 0. The fraction of sp³-hybridized carbons (Fsp3) is 0.700. The summed E-state index contributed by atoms with van der Waals surface area (Å²) in [6.45, 7) is 7.92. The lowest BCUT2D eigenvalue weighted by molar-refractivity contribution is -0.142. The van der Waals surface area contributed by atoms with Crippen molar-refractivity contribution in [2.45, 2.75) is 20.3 Å². The van der Waals surface area contributed by atoms with E-state index in [0.29, 0.717) is 11.8 Å². The molecule has 12 heavy (non-hydrogen) atoms. The highest BCUT2D eigenvalue weighted by molar-refractivity contribution is 5.71. The fourth-order valence-electron chi connectivity index (χ4n) is 2.16. The first-order valence-electron chi connectivity index (χ1n) is 4.43. The van der Waals surface area contributed by atoms with Crippen LogP contribution in [0.1, 0.15) is 20.3 Å². The predicted octanol–water partition coefficient (Wildman–Crippen LogP) is 2.17. The van der Waals surface area contributed by atoms with Gasteiger partial charge in [-0.25, -0.2) is 0 Å². The molecule has 2 nitrogen and oxygen atoms in total. The first-order valence-corrected chi connectivity index (χ1v) is 4.43. The normalized spacial score (nSPS) is 41.2. The van der Waals surface area contributed by atoms with Crippen molar-refractivity contribution in [3.05, 3.63) is 12.7 Å². The lowest BCUT2D eigenvalue weighted by Gasteiger charge is -2.15. The maximum atomic E-state index is 10.8. The molecule has 0 heterocycles. The monoisotopic (exact) mass is 168 g/mol. The van der Waals surface area contributed by atoms with E-state index in [4.69, 9.17) is 5.11 Å². The maximum Gasteiger partial charge on any atom is 0.307 e. The number of hydrogen-bond donors (Lipinski definition) is 1. The van der Waals surface area contributed by atoms with Crippen LogP contribution in [0.25, 0.3) is 0 Å². The minimum absolute atomic E-state index is 0.164. The van der Waals surface area contributed by atoms with E-state index in [0.717, 1.165) is 6.42 Å². The zero-order chi connectivity index (χ0) is 9.30. The number of hydrogen-bond acceptors (Lipinski definition) is 1. The molecular weight excluding hydrogens is 152 g/mol. The number of carbonyl (C=O) groups is 1. The topological polar surface area (TPSA) is 37.3 Å². The minimum Gasteiger partial charge on any atom is -0.481 e. The van der Waals surface area contributed by atoms with Crippen LogP contribution < -0.4 is 0 Å². The quantitative estimate of drug-likeness (QED) is 0.641. The van der Waals surface area contributed by atoms with E-state index in [-0.39, 0.29) is 11.8 Å². The van der Waals surface area contributed by atoms with Crippen LogP contribution >= 0.6 is 0 Å². The number of aliphatic carboxylic acids is 1. The van der Waals surface area contributed by atoms with E-state index in [9.17, 15) is 4.79 Å². The van der Waals surface area contributed by atoms with Gasteiger partial charge in [0.1, 0.15) is 0 Å². The van der Waals surface area contributed by atoms with Crippen LogP contribution in [0.5, 0.6) is 0 Å². The van der Waals surface area contributed by atoms with Crippen molar-refractivity contribution in [3.63, 3.8) is 0 Å². The van der Waals surface area contributed by atoms with Gasteiger partial charge < -0.3 is 5.11 Å². The van der Waals surface area contributed by atoms with Gasteiger partial charge in [0.25, 0.3) is 0 Å². The number of allylic oxidation sites excluding steroid dienone is 1. The Morgan fingerprint density at radius 2 is 2.17 bits per heavy atom. The molecule has 0 amide bonds. The summed E-state index contributed by atoms with van der Waals surface area (Å²) >= 11 is 0. The molecule has 1 aliphatic carbocycles. The van der Waals surface area contributed by atoms with Gasteiger partial charge in [-0.3, -0.25) is 4.79 Å². The molecule has 1 rings (SSSR count). The molecule has 0 aromatic carbocycles. The van der Waals surface area contributed by atoms with Crippen molar-refractivity contribution in [1.29, 1.82) is 0 Å². The zero-order valence-corrected chi connectivity index (χ0v) is 7.66. The largest absolute Gasteiger partial charge is 0.481 e. The zero-order valence-electron chi connectivity index (χ0n) is 7.66. The van der Waals surface area contributed by atoms with Crippen LogP contribution in [-0.4, -0.2) is 11.1 Å². The van der Waals surface area contributed by atoms with Crippen molar-refractivity contribution in [3.8, 4) is 0 Å². The summed E-state index contributed by atoms with van der Waals surface area (Å²) in [4.78, 5) is 10.8. The molecule has 0 saturated heterocycles. The van der Waals surface area contributed by atoms with E-state index in [1.165, 1.54) is 0 Å². The van der Waals surface area contributed by atoms with Crippen LogP contribution in [0.4, 0.5) is 0 Å². The van der Waals surface area contributed by atoms with Crippen molar-refractivity contribution >= 4 is 5.97 Å². The molecule has 0 radical (unpaired) electrons. The standard InChI is InChI=1S/C10H16O2/c1-4-8-7(3)6(2)5-9(8)10(11)12/h4,6-9H,1,5H2,2-3H3,(H,11,12). The molecule has 1 aliphatic rings. The Bertz CT molecular complexity index is 198. The van der Waals surface area contributed by atoms with E-state index in [1.54, 1.807) is 6.08 Å². The second-order valence-corrected chi connectivity index (χ2v) is 3.83. The van der Waals surface area contributed by atoms with Gasteiger partial charge in [-0.05, 0) is 24.2 Å². The van der Waals surface area contributed by atoms with Crippen LogP contribution in [0, 0.1) is 23.7 Å². The van der Waals surface area contributed by atoms with Crippen LogP contribution in [-0.2, 0) is 4.79 Å². The molecule has 0 aromatic rings. The molecule has 0 spiro atoms. The lowest BCUT2D eigenvalue weighted by atomic mass is 9.89. The van der Waals surface area contributed by atoms with Crippen LogP contribution in [0.2, 0.25) is 0 Å². The fourth-order valence-corrected chi connectivity index (χ4v) is 2.16. The van der Waals surface area contributed by atoms with Crippen LogP contribution in [0.15, 0.2) is 12.7 Å². The molecule has 0 aliphatic heterocycles. The van der Waals surface area contributed by atoms with Crippen molar-refractivity contribution in [2.75, 3.05) is 0 Å². The molecule has 1 saturated carbocycles. The molecule has 68 valence electrons. The smallest absolute Gasteiger partial charge is 0.307 e. The molecule has 4 atom stereocenters. The summed E-state index contributed by atoms with van der Waals surface area (Å²) in [5.41, 5.74) is 0. The molecular formula is C10H16O2. The van der Waals surface area contributed by atoms with E-state index < -0.39 is 5.97 Å². The molecule has 1 N–H and O–H groups in total. The number of carboxylic acid groups (broad SMARTS) is 1. The Hall–Kier alpha value is -0.790. The van der Waals surface area contributed by atoms with Gasteiger partial charge in [0.15, 0.2) is 0 Å². The number of carboxylic acids is 1. The molecule has 0 aromatic heterocycles. The Morgan fingerprint density at radius 3 is 2.50 bits per heavy atom. The van der Waals surface area contributed by atoms with Gasteiger partial charge in [0.05, 0.1) is 5.92 Å². The third-order valence-electron chi connectivity index (χ3n) is 3.18. The molecule has 1 fully saturated rings. The van der Waals surface area contributed by atoms with E-state index >= 15 is 0 Å². The SMILES string of the molecule is C=CC1C(C(=O)O)CC(C)C1C. The first-order chi connectivity index (χ1) is 5.57. The highest BCUT2D eigenvalue weighted by Gasteiger charge is 2.40. The summed E-state index contributed by atoms with van der Waals surface area (Å²) in [5, 5.41) is 8.90. The van der Waals surface area contributed by atoms with Crippen molar-refractivity contribution < 1.29 is 9.90 Å². The third-order valence-corrected chi connectivity index (χ3v) is 3.18. The van der Waals surface area contributed by atoms with E-state index in [2.05, 4.69) is 20.4 Å². The van der Waals surface area contributed by atoms with Gasteiger partial charge in [-0.1, -0.05) is 19.9 Å². The first kappa shape index (κ1) is 9.30. The third kappa shape index (κ3) is 1.38. The Balaban J connectivity index is 2.78. The summed E-state index contributed by atoms with van der Waals surface area (Å²) in [5.74, 6) is 0.263. The maximum absolute atomic E-state index is 10.8. The Labute approximate surface area is 73.3 Å². The summed E-state index contributed by atoms with van der Waals surface area (Å²) in [6.07, 6.45) is 2.60. The van der Waals surface area contributed by atoms with Gasteiger partial charge in [-0.2, -0.15) is 0 Å². The van der Waals surface area contributed by atoms with Gasteiger partial charge in [0, 0.05) is 0 Å². The summed E-state index contributed by atoms with van der Waals surface area (Å²) in [6, 6.07) is 0. The average Bonchev–Trinajstić information content (AvgIpc) is 2.29.